The van der Waals surface area contributed by atoms with E-state index in [0.29, 0.717) is 11.3 Å². The minimum absolute atomic E-state index is 0.287. The molecule has 0 atom stereocenters. The average Bonchev–Trinajstić information content (AvgIpc) is 2.50. The highest BCUT2D eigenvalue weighted by molar-refractivity contribution is 5.91. The number of rotatable bonds is 3. The standard InChI is InChI=1S/C17H16O5/c1-11-4-9-15(12(2)10-11)22-16(18)13-5-7-14(8-6-13)21-17(19)20-3/h4-10H,1-3H3. The van der Waals surface area contributed by atoms with Crippen molar-refractivity contribution in [2.75, 3.05) is 7.11 Å². The molecule has 22 heavy (non-hydrogen) atoms. The van der Waals surface area contributed by atoms with Gasteiger partial charge in [0.15, 0.2) is 0 Å². The molecule has 2 aromatic rings. The highest BCUT2D eigenvalue weighted by Gasteiger charge is 2.11. The molecular weight excluding hydrogens is 284 g/mol. The van der Waals surface area contributed by atoms with Crippen LogP contribution in [0.4, 0.5) is 4.79 Å². The SMILES string of the molecule is COC(=O)Oc1ccc(C(=O)Oc2ccc(C)cc2C)cc1. The molecule has 0 aliphatic carbocycles. The molecule has 5 nitrogen and oxygen atoms in total. The van der Waals surface area contributed by atoms with Gasteiger partial charge in [-0.25, -0.2) is 9.59 Å². The first-order chi connectivity index (χ1) is 10.5. The molecule has 5 heteroatoms. The first-order valence-electron chi connectivity index (χ1n) is 6.65. The number of hydrogen-bond donors (Lipinski definition) is 0. The highest BCUT2D eigenvalue weighted by atomic mass is 16.7. The quantitative estimate of drug-likeness (QED) is 0.491. The van der Waals surface area contributed by atoms with Crippen LogP contribution in [-0.2, 0) is 4.74 Å². The summed E-state index contributed by atoms with van der Waals surface area (Å²) in [5, 5.41) is 0. The minimum Gasteiger partial charge on any atom is -0.437 e. The number of carbonyl (C=O) groups excluding carboxylic acids is 2. The summed E-state index contributed by atoms with van der Waals surface area (Å²) in [5.41, 5.74) is 2.35. The fourth-order valence-corrected chi connectivity index (χ4v) is 1.87. The van der Waals surface area contributed by atoms with Crippen LogP contribution in [0.25, 0.3) is 0 Å². The van der Waals surface area contributed by atoms with E-state index < -0.39 is 12.1 Å². The van der Waals surface area contributed by atoms with Crippen molar-refractivity contribution in [2.45, 2.75) is 13.8 Å². The Labute approximate surface area is 128 Å². The molecule has 114 valence electrons. The van der Waals surface area contributed by atoms with Crippen molar-refractivity contribution >= 4 is 12.1 Å². The van der Waals surface area contributed by atoms with Crippen molar-refractivity contribution in [3.8, 4) is 11.5 Å². The largest absolute Gasteiger partial charge is 0.513 e. The minimum atomic E-state index is -0.814. The van der Waals surface area contributed by atoms with Crippen LogP contribution >= 0.6 is 0 Å². The van der Waals surface area contributed by atoms with Crippen LogP contribution in [0.2, 0.25) is 0 Å². The average molecular weight is 300 g/mol. The van der Waals surface area contributed by atoms with E-state index in [-0.39, 0.29) is 5.75 Å². The first-order valence-corrected chi connectivity index (χ1v) is 6.65. The first kappa shape index (κ1) is 15.6. The Morgan fingerprint density at radius 3 is 2.18 bits per heavy atom. The van der Waals surface area contributed by atoms with E-state index in [2.05, 4.69) is 4.74 Å². The Morgan fingerprint density at radius 2 is 1.59 bits per heavy atom. The number of aryl methyl sites for hydroxylation is 2. The predicted molar refractivity (Wildman–Crippen MR) is 80.3 cm³/mol. The Hall–Kier alpha value is -2.82. The fourth-order valence-electron chi connectivity index (χ4n) is 1.87. The summed E-state index contributed by atoms with van der Waals surface area (Å²) in [7, 11) is 1.22. The van der Waals surface area contributed by atoms with Gasteiger partial charge in [0.25, 0.3) is 0 Å². The molecule has 0 N–H and O–H groups in total. The number of benzene rings is 2. The Kier molecular flexibility index (Phi) is 4.78. The summed E-state index contributed by atoms with van der Waals surface area (Å²) in [6.07, 6.45) is -0.814. The van der Waals surface area contributed by atoms with Gasteiger partial charge >= 0.3 is 12.1 Å². The number of esters is 1. The third kappa shape index (κ3) is 3.85. The molecule has 0 heterocycles. The van der Waals surface area contributed by atoms with E-state index in [1.54, 1.807) is 6.07 Å². The summed E-state index contributed by atoms with van der Waals surface area (Å²) in [6, 6.07) is 11.6. The van der Waals surface area contributed by atoms with Gasteiger partial charge in [-0.2, -0.15) is 0 Å². The summed E-state index contributed by atoms with van der Waals surface area (Å²) in [6.45, 7) is 3.85. The van der Waals surface area contributed by atoms with Crippen molar-refractivity contribution in [3.63, 3.8) is 0 Å². The molecule has 0 saturated heterocycles. The molecular formula is C17H16O5. The van der Waals surface area contributed by atoms with Crippen molar-refractivity contribution in [3.05, 3.63) is 59.2 Å². The molecule has 0 aliphatic heterocycles. The molecule has 2 aromatic carbocycles. The molecule has 0 spiro atoms. The molecule has 0 saturated carbocycles. The lowest BCUT2D eigenvalue weighted by Crippen LogP contribution is -2.10. The van der Waals surface area contributed by atoms with Gasteiger partial charge in [-0.15, -0.1) is 0 Å². The van der Waals surface area contributed by atoms with Crippen LogP contribution in [-0.4, -0.2) is 19.2 Å². The zero-order chi connectivity index (χ0) is 16.1. The van der Waals surface area contributed by atoms with E-state index in [9.17, 15) is 9.59 Å². The van der Waals surface area contributed by atoms with Crippen molar-refractivity contribution < 1.29 is 23.8 Å². The van der Waals surface area contributed by atoms with Gasteiger partial charge in [-0.3, -0.25) is 0 Å². The van der Waals surface area contributed by atoms with Gasteiger partial charge < -0.3 is 14.2 Å². The molecule has 0 aromatic heterocycles. The topological polar surface area (TPSA) is 61.8 Å². The number of ether oxygens (including phenoxy) is 3. The highest BCUT2D eigenvalue weighted by Crippen LogP contribution is 2.21. The van der Waals surface area contributed by atoms with Gasteiger partial charge in [-0.05, 0) is 49.7 Å². The molecule has 0 radical (unpaired) electrons. The van der Waals surface area contributed by atoms with E-state index in [1.165, 1.54) is 31.4 Å². The predicted octanol–water partition coefficient (Wildman–Crippen LogP) is 3.67. The smallest absolute Gasteiger partial charge is 0.437 e. The Bertz CT molecular complexity index is 689. The number of carbonyl (C=O) groups is 2. The van der Waals surface area contributed by atoms with Crippen molar-refractivity contribution in [2.24, 2.45) is 0 Å². The second-order valence-corrected chi connectivity index (χ2v) is 4.74. The monoisotopic (exact) mass is 300 g/mol. The maximum Gasteiger partial charge on any atom is 0.513 e. The lowest BCUT2D eigenvalue weighted by molar-refractivity contribution is 0.0733. The molecule has 0 bridgehead atoms. The zero-order valence-electron chi connectivity index (χ0n) is 12.6. The summed E-state index contributed by atoms with van der Waals surface area (Å²) < 4.78 is 14.6. The molecule has 0 unspecified atom stereocenters. The number of hydrogen-bond acceptors (Lipinski definition) is 5. The summed E-state index contributed by atoms with van der Waals surface area (Å²) >= 11 is 0. The maximum atomic E-state index is 12.1. The molecule has 0 aliphatic rings. The Balaban J connectivity index is 2.08. The zero-order valence-corrected chi connectivity index (χ0v) is 12.6. The van der Waals surface area contributed by atoms with Crippen LogP contribution in [0.3, 0.4) is 0 Å². The van der Waals surface area contributed by atoms with E-state index >= 15 is 0 Å². The van der Waals surface area contributed by atoms with Crippen LogP contribution in [0.5, 0.6) is 11.5 Å². The Morgan fingerprint density at radius 1 is 0.909 bits per heavy atom. The summed E-state index contributed by atoms with van der Waals surface area (Å²) in [5.74, 6) is 0.331. The second-order valence-electron chi connectivity index (χ2n) is 4.74. The lowest BCUT2D eigenvalue weighted by atomic mass is 10.1. The van der Waals surface area contributed by atoms with Gasteiger partial charge in [0.1, 0.15) is 11.5 Å². The molecule has 2 rings (SSSR count). The van der Waals surface area contributed by atoms with Crippen LogP contribution in [0, 0.1) is 13.8 Å². The van der Waals surface area contributed by atoms with Gasteiger partial charge in [0.05, 0.1) is 12.7 Å². The van der Waals surface area contributed by atoms with E-state index in [1.807, 2.05) is 26.0 Å². The van der Waals surface area contributed by atoms with Gasteiger partial charge in [-0.1, -0.05) is 17.7 Å². The van der Waals surface area contributed by atoms with E-state index in [4.69, 9.17) is 9.47 Å². The van der Waals surface area contributed by atoms with Gasteiger partial charge in [0.2, 0.25) is 0 Å². The maximum absolute atomic E-state index is 12.1. The molecule has 0 fully saturated rings. The van der Waals surface area contributed by atoms with Crippen molar-refractivity contribution in [1.82, 2.24) is 0 Å². The lowest BCUT2D eigenvalue weighted by Gasteiger charge is -2.08. The molecule has 0 amide bonds. The third-order valence-electron chi connectivity index (χ3n) is 2.99. The summed E-state index contributed by atoms with van der Waals surface area (Å²) in [4.78, 5) is 23.1. The third-order valence-corrected chi connectivity index (χ3v) is 2.99. The van der Waals surface area contributed by atoms with E-state index in [0.717, 1.165) is 11.1 Å². The second kappa shape index (κ2) is 6.76. The number of methoxy groups -OCH3 is 1. The van der Waals surface area contributed by atoms with Crippen LogP contribution in [0.1, 0.15) is 21.5 Å². The van der Waals surface area contributed by atoms with Gasteiger partial charge in [0, 0.05) is 0 Å². The van der Waals surface area contributed by atoms with Crippen LogP contribution in [0.15, 0.2) is 42.5 Å². The van der Waals surface area contributed by atoms with Crippen LogP contribution < -0.4 is 9.47 Å². The van der Waals surface area contributed by atoms with Crippen molar-refractivity contribution in [1.29, 1.82) is 0 Å². The normalized spacial score (nSPS) is 9.95. The fraction of sp³-hybridized carbons (Fsp3) is 0.176.